The van der Waals surface area contributed by atoms with E-state index in [2.05, 4.69) is 10.6 Å². The van der Waals surface area contributed by atoms with Crippen molar-refractivity contribution in [3.8, 4) is 11.5 Å². The second kappa shape index (κ2) is 9.31. The number of ether oxygens (including phenoxy) is 2. The van der Waals surface area contributed by atoms with Crippen molar-refractivity contribution in [3.63, 3.8) is 0 Å². The van der Waals surface area contributed by atoms with Crippen LogP contribution in [0.3, 0.4) is 0 Å². The number of amides is 3. The van der Waals surface area contributed by atoms with Crippen molar-refractivity contribution >= 4 is 11.9 Å². The van der Waals surface area contributed by atoms with Crippen molar-refractivity contribution in [3.05, 3.63) is 23.8 Å². The molecular weight excluding hydrogens is 334 g/mol. The number of hydrogen-bond donors (Lipinski definition) is 2. The fraction of sp³-hybridized carbons (Fsp3) is 0.579. The molecule has 2 aliphatic heterocycles. The summed E-state index contributed by atoms with van der Waals surface area (Å²) in [6, 6.07) is 5.54. The van der Waals surface area contributed by atoms with Crippen LogP contribution in [0.15, 0.2) is 18.2 Å². The predicted molar refractivity (Wildman–Crippen MR) is 97.3 cm³/mol. The lowest BCUT2D eigenvalue weighted by Gasteiger charge is -2.20. The van der Waals surface area contributed by atoms with Crippen LogP contribution in [0.5, 0.6) is 11.5 Å². The van der Waals surface area contributed by atoms with Crippen molar-refractivity contribution in [2.24, 2.45) is 0 Å². The summed E-state index contributed by atoms with van der Waals surface area (Å²) in [7, 11) is 0. The van der Waals surface area contributed by atoms with Crippen LogP contribution in [0, 0.1) is 0 Å². The smallest absolute Gasteiger partial charge is 0.314 e. The number of carbonyl (C=O) groups is 2. The van der Waals surface area contributed by atoms with Gasteiger partial charge in [0.05, 0.1) is 0 Å². The van der Waals surface area contributed by atoms with Crippen LogP contribution in [0.2, 0.25) is 0 Å². The van der Waals surface area contributed by atoms with Gasteiger partial charge in [-0.15, -0.1) is 0 Å². The van der Waals surface area contributed by atoms with Crippen LogP contribution in [-0.2, 0) is 11.2 Å². The molecule has 0 radical (unpaired) electrons. The van der Waals surface area contributed by atoms with Gasteiger partial charge in [-0.3, -0.25) is 4.79 Å². The zero-order chi connectivity index (χ0) is 18.2. The number of nitrogens with zero attached hydrogens (tertiary/aromatic N) is 1. The molecule has 0 aromatic heterocycles. The highest BCUT2D eigenvalue weighted by molar-refractivity contribution is 5.78. The number of rotatable bonds is 6. The molecule has 2 aliphatic rings. The number of nitrogens with one attached hydrogen (secondary N) is 2. The molecule has 0 spiro atoms. The third kappa shape index (κ3) is 5.28. The molecule has 0 atom stereocenters. The van der Waals surface area contributed by atoms with Gasteiger partial charge in [0.2, 0.25) is 12.7 Å². The molecule has 0 saturated carbocycles. The highest BCUT2D eigenvalue weighted by Gasteiger charge is 2.15. The fourth-order valence-electron chi connectivity index (χ4n) is 3.24. The minimum Gasteiger partial charge on any atom is -0.454 e. The predicted octanol–water partition coefficient (Wildman–Crippen LogP) is 2.05. The van der Waals surface area contributed by atoms with E-state index in [1.807, 2.05) is 23.1 Å². The maximum Gasteiger partial charge on any atom is 0.314 e. The summed E-state index contributed by atoms with van der Waals surface area (Å²) in [5, 5.41) is 5.57. The maximum atomic E-state index is 12.2. The summed E-state index contributed by atoms with van der Waals surface area (Å²) >= 11 is 0. The number of fused-ring (bicyclic) bond motifs is 1. The molecule has 1 aromatic rings. The molecule has 7 heteroatoms. The quantitative estimate of drug-likeness (QED) is 0.813. The molecule has 142 valence electrons. The van der Waals surface area contributed by atoms with Gasteiger partial charge in [0.15, 0.2) is 11.5 Å². The van der Waals surface area contributed by atoms with Crippen molar-refractivity contribution in [1.29, 1.82) is 0 Å². The number of carbonyl (C=O) groups excluding carboxylic acids is 2. The van der Waals surface area contributed by atoms with Crippen LogP contribution >= 0.6 is 0 Å². The van der Waals surface area contributed by atoms with Gasteiger partial charge >= 0.3 is 6.03 Å². The van der Waals surface area contributed by atoms with Gasteiger partial charge < -0.3 is 25.0 Å². The van der Waals surface area contributed by atoms with E-state index in [1.54, 1.807) is 0 Å². The highest BCUT2D eigenvalue weighted by atomic mass is 16.7. The molecule has 3 amide bonds. The minimum absolute atomic E-state index is 0.132. The summed E-state index contributed by atoms with van der Waals surface area (Å²) in [5.74, 6) is 1.64. The lowest BCUT2D eigenvalue weighted by molar-refractivity contribution is -0.131. The summed E-state index contributed by atoms with van der Waals surface area (Å²) < 4.78 is 10.6. The molecule has 0 unspecified atom stereocenters. The Balaban J connectivity index is 1.30. The van der Waals surface area contributed by atoms with Crippen LogP contribution < -0.4 is 20.1 Å². The number of benzene rings is 1. The van der Waals surface area contributed by atoms with Crippen molar-refractivity contribution in [1.82, 2.24) is 15.5 Å². The van der Waals surface area contributed by atoms with Crippen LogP contribution in [0.1, 0.15) is 37.7 Å². The zero-order valence-corrected chi connectivity index (χ0v) is 15.1. The van der Waals surface area contributed by atoms with E-state index in [-0.39, 0.29) is 18.7 Å². The van der Waals surface area contributed by atoms with Crippen molar-refractivity contribution in [2.75, 3.05) is 33.0 Å². The van der Waals surface area contributed by atoms with Gasteiger partial charge in [0.25, 0.3) is 0 Å². The Morgan fingerprint density at radius 1 is 0.962 bits per heavy atom. The molecule has 2 N–H and O–H groups in total. The first-order valence-electron chi connectivity index (χ1n) is 9.40. The average Bonchev–Trinajstić information content (AvgIpc) is 2.93. The van der Waals surface area contributed by atoms with Gasteiger partial charge in [0, 0.05) is 32.6 Å². The summed E-state index contributed by atoms with van der Waals surface area (Å²) in [6.45, 7) is 2.84. The summed E-state index contributed by atoms with van der Waals surface area (Å²) in [5.41, 5.74) is 1.07. The number of urea groups is 1. The summed E-state index contributed by atoms with van der Waals surface area (Å²) in [4.78, 5) is 25.9. The van der Waals surface area contributed by atoms with E-state index in [0.29, 0.717) is 25.9 Å². The minimum atomic E-state index is -0.241. The first-order valence-corrected chi connectivity index (χ1v) is 9.40. The van der Waals surface area contributed by atoms with Crippen LogP contribution in [0.25, 0.3) is 0 Å². The topological polar surface area (TPSA) is 79.9 Å². The Kier molecular flexibility index (Phi) is 6.57. The molecule has 0 bridgehead atoms. The monoisotopic (exact) mass is 361 g/mol. The molecule has 1 aromatic carbocycles. The molecular formula is C19H27N3O4. The second-order valence-electron chi connectivity index (χ2n) is 6.67. The zero-order valence-electron chi connectivity index (χ0n) is 15.1. The van der Waals surface area contributed by atoms with Crippen LogP contribution in [-0.4, -0.2) is 49.8 Å². The Hall–Kier alpha value is -2.44. The molecule has 1 fully saturated rings. The lowest BCUT2D eigenvalue weighted by atomic mass is 10.1. The van der Waals surface area contributed by atoms with Gasteiger partial charge in [-0.05, 0) is 37.0 Å². The normalized spacial score (nSPS) is 16.1. The van der Waals surface area contributed by atoms with E-state index in [9.17, 15) is 9.59 Å². The Morgan fingerprint density at radius 2 is 1.69 bits per heavy atom. The lowest BCUT2D eigenvalue weighted by Crippen LogP contribution is -2.39. The molecule has 0 aliphatic carbocycles. The maximum absolute atomic E-state index is 12.2. The van der Waals surface area contributed by atoms with Crippen molar-refractivity contribution in [2.45, 2.75) is 38.5 Å². The van der Waals surface area contributed by atoms with Gasteiger partial charge in [0.1, 0.15) is 0 Å². The molecule has 26 heavy (non-hydrogen) atoms. The SMILES string of the molecule is O=C(NCCC(=O)N1CCCCCC1)NCCc1ccc2c(c1)OCO2. The largest absolute Gasteiger partial charge is 0.454 e. The van der Waals surface area contributed by atoms with E-state index >= 15 is 0 Å². The highest BCUT2D eigenvalue weighted by Crippen LogP contribution is 2.32. The van der Waals surface area contributed by atoms with Gasteiger partial charge in [-0.1, -0.05) is 18.9 Å². The second-order valence-corrected chi connectivity index (χ2v) is 6.67. The van der Waals surface area contributed by atoms with Gasteiger partial charge in [-0.25, -0.2) is 4.79 Å². The molecule has 2 heterocycles. The average molecular weight is 361 g/mol. The summed E-state index contributed by atoms with van der Waals surface area (Å²) in [6.07, 6.45) is 5.63. The Labute approximate surface area is 154 Å². The van der Waals surface area contributed by atoms with Crippen LogP contribution in [0.4, 0.5) is 4.79 Å². The third-order valence-corrected chi connectivity index (χ3v) is 4.72. The first-order chi connectivity index (χ1) is 12.7. The first kappa shape index (κ1) is 18.4. The van der Waals surface area contributed by atoms with E-state index in [0.717, 1.165) is 43.0 Å². The standard InChI is InChI=1S/C19H27N3O4/c23-18(22-11-3-1-2-4-12-22)8-10-21-19(24)20-9-7-15-5-6-16-17(13-15)26-14-25-16/h5-6,13H,1-4,7-12,14H2,(H2,20,21,24). The Bertz CT molecular complexity index is 627. The van der Waals surface area contributed by atoms with Gasteiger partial charge in [-0.2, -0.15) is 0 Å². The van der Waals surface area contributed by atoms with E-state index in [4.69, 9.17) is 9.47 Å². The van der Waals surface area contributed by atoms with E-state index in [1.165, 1.54) is 12.8 Å². The number of likely N-dealkylation sites (tertiary alicyclic amines) is 1. The molecule has 7 nitrogen and oxygen atoms in total. The number of hydrogen-bond acceptors (Lipinski definition) is 4. The van der Waals surface area contributed by atoms with E-state index < -0.39 is 0 Å². The van der Waals surface area contributed by atoms with Crippen molar-refractivity contribution < 1.29 is 19.1 Å². The fourth-order valence-corrected chi connectivity index (χ4v) is 3.24. The Morgan fingerprint density at radius 3 is 2.50 bits per heavy atom. The molecule has 3 rings (SSSR count). The molecule has 1 saturated heterocycles. The third-order valence-electron chi connectivity index (χ3n) is 4.72.